The van der Waals surface area contributed by atoms with Crippen LogP contribution in [0.3, 0.4) is 0 Å². The Bertz CT molecular complexity index is 148. The van der Waals surface area contributed by atoms with Crippen LogP contribution in [-0.4, -0.2) is 46.5 Å². The minimum Gasteiger partial charge on any atom is -0.393 e. The Morgan fingerprint density at radius 1 is 1.31 bits per heavy atom. The lowest BCUT2D eigenvalue weighted by molar-refractivity contribution is -0.127. The van der Waals surface area contributed by atoms with Gasteiger partial charge in [0.15, 0.2) is 0 Å². The molecular formula is C8H18NO3Si. The van der Waals surface area contributed by atoms with E-state index in [-0.39, 0.29) is 5.91 Å². The maximum Gasteiger partial charge on any atom is 0.406 e. The van der Waals surface area contributed by atoms with Crippen LogP contribution in [0.1, 0.15) is 20.8 Å². The molecule has 0 aliphatic carbocycles. The summed E-state index contributed by atoms with van der Waals surface area (Å²) in [7, 11) is 0.470. The Labute approximate surface area is 81.7 Å². The van der Waals surface area contributed by atoms with Crippen LogP contribution in [0.15, 0.2) is 0 Å². The van der Waals surface area contributed by atoms with Gasteiger partial charge in [0.05, 0.1) is 6.17 Å². The second-order valence-corrected chi connectivity index (χ2v) is 4.25. The summed E-state index contributed by atoms with van der Waals surface area (Å²) >= 11 is 0. The topological polar surface area (TPSA) is 38.8 Å². The zero-order chi connectivity index (χ0) is 10.3. The Balaban J connectivity index is 3.85. The summed E-state index contributed by atoms with van der Waals surface area (Å²) in [4.78, 5) is 12.5. The molecule has 0 spiro atoms. The lowest BCUT2D eigenvalue weighted by atomic mass is 10.6. The van der Waals surface area contributed by atoms with Crippen LogP contribution in [-0.2, 0) is 13.6 Å². The van der Waals surface area contributed by atoms with E-state index >= 15 is 0 Å². The second-order valence-electron chi connectivity index (χ2n) is 2.61. The molecule has 0 N–H and O–H groups in total. The molecule has 0 bridgehead atoms. The number of hydrogen-bond acceptors (Lipinski definition) is 3. The molecule has 4 nitrogen and oxygen atoms in total. The predicted molar refractivity (Wildman–Crippen MR) is 52.3 cm³/mol. The van der Waals surface area contributed by atoms with Gasteiger partial charge in [-0.15, -0.1) is 0 Å². The summed E-state index contributed by atoms with van der Waals surface area (Å²) < 4.78 is 10.8. The zero-order valence-corrected chi connectivity index (χ0v) is 9.79. The zero-order valence-electron chi connectivity index (χ0n) is 8.79. The fourth-order valence-electron chi connectivity index (χ4n) is 0.760. The predicted octanol–water partition coefficient (Wildman–Crippen LogP) is 0.565. The number of carbonyl (C=O) groups excluding carboxylic acids is 1. The van der Waals surface area contributed by atoms with Crippen LogP contribution in [0.25, 0.3) is 0 Å². The third-order valence-electron chi connectivity index (χ3n) is 1.51. The fraction of sp³-hybridized carbons (Fsp3) is 0.875. The minimum absolute atomic E-state index is 0.0434. The summed E-state index contributed by atoms with van der Waals surface area (Å²) in [5, 5.41) is 0. The average molecular weight is 204 g/mol. The highest BCUT2D eigenvalue weighted by molar-refractivity contribution is 6.44. The molecule has 77 valence electrons. The molecule has 0 fully saturated rings. The van der Waals surface area contributed by atoms with Crippen LogP contribution in [0, 0.1) is 0 Å². The third kappa shape index (κ3) is 5.79. The SMILES string of the molecule is CCO[Si](CN(C)C(C)=O)OCC. The van der Waals surface area contributed by atoms with E-state index in [1.807, 2.05) is 13.8 Å². The molecule has 1 radical (unpaired) electrons. The molecule has 5 heteroatoms. The van der Waals surface area contributed by atoms with Crippen molar-refractivity contribution in [3.63, 3.8) is 0 Å². The maximum absolute atomic E-state index is 10.9. The highest BCUT2D eigenvalue weighted by atomic mass is 28.3. The first-order valence-corrected chi connectivity index (χ1v) is 5.97. The van der Waals surface area contributed by atoms with Gasteiger partial charge < -0.3 is 13.8 Å². The second kappa shape index (κ2) is 7.05. The van der Waals surface area contributed by atoms with Gasteiger partial charge in [-0.3, -0.25) is 4.79 Å². The molecule has 0 saturated carbocycles. The minimum atomic E-state index is -1.29. The number of hydrogen-bond donors (Lipinski definition) is 0. The maximum atomic E-state index is 10.9. The number of rotatable bonds is 6. The van der Waals surface area contributed by atoms with Crippen molar-refractivity contribution >= 4 is 15.2 Å². The van der Waals surface area contributed by atoms with E-state index in [1.165, 1.54) is 6.92 Å². The van der Waals surface area contributed by atoms with Crippen LogP contribution in [0.4, 0.5) is 0 Å². The Morgan fingerprint density at radius 3 is 2.08 bits per heavy atom. The van der Waals surface area contributed by atoms with Crippen molar-refractivity contribution < 1.29 is 13.6 Å². The number of amides is 1. The quantitative estimate of drug-likeness (QED) is 0.594. The van der Waals surface area contributed by atoms with Crippen molar-refractivity contribution in [3.8, 4) is 0 Å². The Kier molecular flexibility index (Phi) is 6.84. The average Bonchev–Trinajstić information content (AvgIpc) is 2.05. The molecule has 0 aliphatic rings. The molecule has 0 aromatic heterocycles. The lowest BCUT2D eigenvalue weighted by Crippen LogP contribution is -2.39. The third-order valence-corrected chi connectivity index (χ3v) is 3.47. The molecule has 0 aromatic rings. The van der Waals surface area contributed by atoms with Gasteiger partial charge in [0.2, 0.25) is 5.91 Å². The smallest absolute Gasteiger partial charge is 0.393 e. The highest BCUT2D eigenvalue weighted by Gasteiger charge is 2.18. The van der Waals surface area contributed by atoms with E-state index < -0.39 is 9.28 Å². The van der Waals surface area contributed by atoms with Gasteiger partial charge in [0.25, 0.3) is 0 Å². The molecule has 1 amide bonds. The summed E-state index contributed by atoms with van der Waals surface area (Å²) in [6.45, 7) is 6.67. The molecule has 0 aliphatic heterocycles. The van der Waals surface area contributed by atoms with E-state index in [4.69, 9.17) is 8.85 Å². The molecule has 0 atom stereocenters. The summed E-state index contributed by atoms with van der Waals surface area (Å²) in [5.41, 5.74) is 0. The van der Waals surface area contributed by atoms with Gasteiger partial charge in [-0.25, -0.2) is 0 Å². The van der Waals surface area contributed by atoms with E-state index in [9.17, 15) is 4.79 Å². The van der Waals surface area contributed by atoms with Crippen molar-refractivity contribution in [1.82, 2.24) is 4.90 Å². The van der Waals surface area contributed by atoms with Gasteiger partial charge in [-0.1, -0.05) is 0 Å². The van der Waals surface area contributed by atoms with E-state index in [0.717, 1.165) is 0 Å². The molecule has 0 rings (SSSR count). The van der Waals surface area contributed by atoms with Crippen molar-refractivity contribution in [3.05, 3.63) is 0 Å². The van der Waals surface area contributed by atoms with Crippen LogP contribution in [0.2, 0.25) is 0 Å². The largest absolute Gasteiger partial charge is 0.406 e. The summed E-state index contributed by atoms with van der Waals surface area (Å²) in [6, 6.07) is 0. The van der Waals surface area contributed by atoms with Crippen LogP contribution >= 0.6 is 0 Å². The first-order valence-electron chi connectivity index (χ1n) is 4.44. The normalized spacial score (nSPS) is 10.5. The van der Waals surface area contributed by atoms with Gasteiger partial charge in [-0.05, 0) is 13.8 Å². The fourth-order valence-corrected chi connectivity index (χ4v) is 2.28. The van der Waals surface area contributed by atoms with Crippen molar-refractivity contribution in [2.24, 2.45) is 0 Å². The van der Waals surface area contributed by atoms with Gasteiger partial charge in [0.1, 0.15) is 0 Å². The molecular weight excluding hydrogens is 186 g/mol. The van der Waals surface area contributed by atoms with E-state index in [0.29, 0.717) is 19.4 Å². The van der Waals surface area contributed by atoms with Crippen LogP contribution < -0.4 is 0 Å². The summed E-state index contributed by atoms with van der Waals surface area (Å²) in [5.74, 6) is 0.0434. The Hall–Kier alpha value is -0.393. The first kappa shape index (κ1) is 12.6. The molecule has 0 heterocycles. The van der Waals surface area contributed by atoms with Crippen molar-refractivity contribution in [2.75, 3.05) is 26.4 Å². The molecule has 0 saturated heterocycles. The monoisotopic (exact) mass is 204 g/mol. The Morgan fingerprint density at radius 2 is 1.77 bits per heavy atom. The van der Waals surface area contributed by atoms with Crippen molar-refractivity contribution in [1.29, 1.82) is 0 Å². The number of nitrogens with zero attached hydrogens (tertiary/aromatic N) is 1. The van der Waals surface area contributed by atoms with E-state index in [2.05, 4.69) is 0 Å². The standard InChI is InChI=1S/C8H18NO3Si/c1-5-11-13(12-6-2)7-9(4)8(3)10/h5-7H2,1-4H3. The summed E-state index contributed by atoms with van der Waals surface area (Å²) in [6.07, 6.45) is 0.585. The molecule has 13 heavy (non-hydrogen) atoms. The highest BCUT2D eigenvalue weighted by Crippen LogP contribution is 1.94. The van der Waals surface area contributed by atoms with Gasteiger partial charge >= 0.3 is 9.28 Å². The number of carbonyl (C=O) groups is 1. The van der Waals surface area contributed by atoms with E-state index in [1.54, 1.807) is 11.9 Å². The molecule has 0 aromatic carbocycles. The molecule has 0 unspecified atom stereocenters. The first-order chi connectivity index (χ1) is 6.11. The van der Waals surface area contributed by atoms with Gasteiger partial charge in [-0.2, -0.15) is 0 Å². The lowest BCUT2D eigenvalue weighted by Gasteiger charge is -2.19. The van der Waals surface area contributed by atoms with Gasteiger partial charge in [0, 0.05) is 27.2 Å². The van der Waals surface area contributed by atoms with Crippen molar-refractivity contribution in [2.45, 2.75) is 20.8 Å². The van der Waals surface area contributed by atoms with Crippen LogP contribution in [0.5, 0.6) is 0 Å².